The number of hydrogen-bond donors (Lipinski definition) is 1. The van der Waals surface area contributed by atoms with E-state index in [0.717, 1.165) is 16.9 Å². The molecule has 0 aliphatic heterocycles. The van der Waals surface area contributed by atoms with Crippen LogP contribution in [0.25, 0.3) is 0 Å². The molecule has 1 aromatic carbocycles. The van der Waals surface area contributed by atoms with Crippen LogP contribution < -0.4 is 5.32 Å². The third-order valence-corrected chi connectivity index (χ3v) is 3.00. The van der Waals surface area contributed by atoms with Gasteiger partial charge in [0, 0.05) is 6.04 Å². The molecule has 0 saturated heterocycles. The molecule has 1 heterocycles. The van der Waals surface area contributed by atoms with Crippen molar-refractivity contribution in [2.24, 2.45) is 0 Å². The number of aryl methyl sites for hydroxylation is 1. The monoisotopic (exact) mass is 264 g/mol. The van der Waals surface area contributed by atoms with Gasteiger partial charge in [0.05, 0.1) is 11.4 Å². The number of rotatable bonds is 3. The summed E-state index contributed by atoms with van der Waals surface area (Å²) >= 11 is 5.81. The van der Waals surface area contributed by atoms with Gasteiger partial charge in [0.25, 0.3) is 0 Å². The zero-order chi connectivity index (χ0) is 13.1. The molecule has 4 heteroatoms. The minimum Gasteiger partial charge on any atom is -0.377 e. The minimum absolute atomic E-state index is 0.0762. The highest BCUT2D eigenvalue weighted by molar-refractivity contribution is 6.29. The van der Waals surface area contributed by atoms with Crippen LogP contribution in [-0.4, -0.2) is 4.98 Å². The number of hydrogen-bond acceptors (Lipinski definition) is 2. The summed E-state index contributed by atoms with van der Waals surface area (Å²) < 4.78 is 12.8. The molecule has 94 valence electrons. The van der Waals surface area contributed by atoms with Crippen molar-refractivity contribution in [3.05, 3.63) is 58.6 Å². The second-order valence-corrected chi connectivity index (χ2v) is 4.57. The Hall–Kier alpha value is -1.61. The van der Waals surface area contributed by atoms with E-state index in [1.165, 1.54) is 12.1 Å². The molecule has 0 radical (unpaired) electrons. The lowest BCUT2D eigenvalue weighted by molar-refractivity contribution is 0.626. The van der Waals surface area contributed by atoms with Crippen molar-refractivity contribution >= 4 is 17.3 Å². The Balaban J connectivity index is 2.15. The van der Waals surface area contributed by atoms with Crippen LogP contribution >= 0.6 is 11.6 Å². The molecule has 1 unspecified atom stereocenters. The van der Waals surface area contributed by atoms with Crippen molar-refractivity contribution in [2.75, 3.05) is 5.32 Å². The van der Waals surface area contributed by atoms with E-state index in [0.29, 0.717) is 5.15 Å². The van der Waals surface area contributed by atoms with Gasteiger partial charge in [-0.25, -0.2) is 9.37 Å². The summed E-state index contributed by atoms with van der Waals surface area (Å²) in [5, 5.41) is 3.81. The van der Waals surface area contributed by atoms with E-state index < -0.39 is 0 Å². The van der Waals surface area contributed by atoms with Gasteiger partial charge in [-0.1, -0.05) is 23.7 Å². The Morgan fingerprint density at radius 1 is 1.17 bits per heavy atom. The van der Waals surface area contributed by atoms with Crippen LogP contribution in [0.15, 0.2) is 36.4 Å². The summed E-state index contributed by atoms with van der Waals surface area (Å²) in [6.45, 7) is 3.91. The van der Waals surface area contributed by atoms with E-state index >= 15 is 0 Å². The summed E-state index contributed by atoms with van der Waals surface area (Å²) in [5.41, 5.74) is 2.79. The van der Waals surface area contributed by atoms with E-state index in [9.17, 15) is 4.39 Å². The number of nitrogens with zero attached hydrogens (tertiary/aromatic N) is 1. The van der Waals surface area contributed by atoms with Crippen molar-refractivity contribution in [1.29, 1.82) is 0 Å². The molecule has 0 aliphatic rings. The van der Waals surface area contributed by atoms with Crippen molar-refractivity contribution in [2.45, 2.75) is 19.9 Å². The lowest BCUT2D eigenvalue weighted by atomic mass is 10.1. The van der Waals surface area contributed by atoms with Gasteiger partial charge >= 0.3 is 0 Å². The standard InChI is InChI=1S/C14H14ClFN2/c1-9(11-3-5-12(16)6-4-11)17-13-7-8-14(15)18-10(13)2/h3-9,17H,1-2H3. The quantitative estimate of drug-likeness (QED) is 0.834. The van der Waals surface area contributed by atoms with Crippen LogP contribution in [0.4, 0.5) is 10.1 Å². The van der Waals surface area contributed by atoms with Gasteiger partial charge in [-0.2, -0.15) is 0 Å². The van der Waals surface area contributed by atoms with Crippen molar-refractivity contribution in [3.63, 3.8) is 0 Å². The smallest absolute Gasteiger partial charge is 0.129 e. The third-order valence-electron chi connectivity index (χ3n) is 2.79. The van der Waals surface area contributed by atoms with Crippen molar-refractivity contribution in [1.82, 2.24) is 4.98 Å². The fraction of sp³-hybridized carbons (Fsp3) is 0.214. The van der Waals surface area contributed by atoms with Gasteiger partial charge in [0.2, 0.25) is 0 Å². The molecule has 1 aromatic heterocycles. The molecule has 2 aromatic rings. The molecular formula is C14H14ClFN2. The van der Waals surface area contributed by atoms with Gasteiger partial charge < -0.3 is 5.32 Å². The van der Waals surface area contributed by atoms with Gasteiger partial charge in [-0.15, -0.1) is 0 Å². The third kappa shape index (κ3) is 2.99. The van der Waals surface area contributed by atoms with Crippen LogP contribution in [0.3, 0.4) is 0 Å². The molecular weight excluding hydrogens is 251 g/mol. The molecule has 1 N–H and O–H groups in total. The van der Waals surface area contributed by atoms with Gasteiger partial charge in [0.1, 0.15) is 11.0 Å². The lowest BCUT2D eigenvalue weighted by Gasteiger charge is -2.17. The Bertz CT molecular complexity index is 540. The zero-order valence-corrected chi connectivity index (χ0v) is 11.0. The maximum absolute atomic E-state index is 12.8. The summed E-state index contributed by atoms with van der Waals surface area (Å²) in [6.07, 6.45) is 0. The normalized spacial score (nSPS) is 12.2. The van der Waals surface area contributed by atoms with Crippen molar-refractivity contribution < 1.29 is 4.39 Å². The predicted octanol–water partition coefficient (Wildman–Crippen LogP) is 4.36. The van der Waals surface area contributed by atoms with E-state index in [2.05, 4.69) is 10.3 Å². The highest BCUT2D eigenvalue weighted by Crippen LogP contribution is 2.22. The Labute approximate surface area is 111 Å². The first-order chi connectivity index (χ1) is 8.56. The molecule has 0 fully saturated rings. The summed E-state index contributed by atoms with van der Waals surface area (Å²) in [4.78, 5) is 4.18. The second kappa shape index (κ2) is 5.36. The zero-order valence-electron chi connectivity index (χ0n) is 10.2. The second-order valence-electron chi connectivity index (χ2n) is 4.18. The summed E-state index contributed by atoms with van der Waals surface area (Å²) in [7, 11) is 0. The number of benzene rings is 1. The number of pyridine rings is 1. The lowest BCUT2D eigenvalue weighted by Crippen LogP contribution is -2.08. The van der Waals surface area contributed by atoms with Crippen LogP contribution in [0.2, 0.25) is 5.15 Å². The highest BCUT2D eigenvalue weighted by Gasteiger charge is 2.07. The Kier molecular flexibility index (Phi) is 3.82. The van der Waals surface area contributed by atoms with Gasteiger partial charge in [-0.05, 0) is 43.7 Å². The average Bonchev–Trinajstić information content (AvgIpc) is 2.33. The molecule has 0 spiro atoms. The van der Waals surface area contributed by atoms with E-state index in [4.69, 9.17) is 11.6 Å². The number of nitrogens with one attached hydrogen (secondary N) is 1. The molecule has 1 atom stereocenters. The number of anilines is 1. The number of aromatic nitrogens is 1. The van der Waals surface area contributed by atoms with Crippen LogP contribution in [0.1, 0.15) is 24.2 Å². The molecule has 2 nitrogen and oxygen atoms in total. The molecule has 0 aliphatic carbocycles. The maximum Gasteiger partial charge on any atom is 0.129 e. The molecule has 0 saturated carbocycles. The Morgan fingerprint density at radius 2 is 1.83 bits per heavy atom. The maximum atomic E-state index is 12.8. The predicted molar refractivity (Wildman–Crippen MR) is 72.4 cm³/mol. The van der Waals surface area contributed by atoms with Crippen LogP contribution in [-0.2, 0) is 0 Å². The van der Waals surface area contributed by atoms with E-state index in [1.807, 2.05) is 19.9 Å². The summed E-state index contributed by atoms with van der Waals surface area (Å²) in [6, 6.07) is 10.2. The van der Waals surface area contributed by atoms with Crippen molar-refractivity contribution in [3.8, 4) is 0 Å². The van der Waals surface area contributed by atoms with E-state index in [-0.39, 0.29) is 11.9 Å². The highest BCUT2D eigenvalue weighted by atomic mass is 35.5. The number of halogens is 2. The first-order valence-electron chi connectivity index (χ1n) is 5.71. The molecule has 0 bridgehead atoms. The minimum atomic E-state index is -0.227. The molecule has 2 rings (SSSR count). The largest absolute Gasteiger partial charge is 0.377 e. The van der Waals surface area contributed by atoms with Crippen LogP contribution in [0.5, 0.6) is 0 Å². The SMILES string of the molecule is Cc1nc(Cl)ccc1NC(C)c1ccc(F)cc1. The van der Waals surface area contributed by atoms with Crippen LogP contribution in [0, 0.1) is 12.7 Å². The fourth-order valence-corrected chi connectivity index (χ4v) is 1.94. The van der Waals surface area contributed by atoms with E-state index in [1.54, 1.807) is 18.2 Å². The molecule has 0 amide bonds. The van der Waals surface area contributed by atoms with Gasteiger partial charge in [-0.3, -0.25) is 0 Å². The Morgan fingerprint density at radius 3 is 2.44 bits per heavy atom. The first kappa shape index (κ1) is 12.8. The first-order valence-corrected chi connectivity index (χ1v) is 6.09. The molecule has 18 heavy (non-hydrogen) atoms. The average molecular weight is 265 g/mol. The summed E-state index contributed by atoms with van der Waals surface area (Å²) in [5.74, 6) is -0.227. The van der Waals surface area contributed by atoms with Gasteiger partial charge in [0.15, 0.2) is 0 Å². The fourth-order valence-electron chi connectivity index (χ4n) is 1.75. The topological polar surface area (TPSA) is 24.9 Å².